The Morgan fingerprint density at radius 1 is 1.27 bits per heavy atom. The van der Waals surface area contributed by atoms with Gasteiger partial charge in [0, 0.05) is 5.92 Å². The van der Waals surface area contributed by atoms with Gasteiger partial charge in [-0.25, -0.2) is 15.4 Å². The molecule has 62 valence electrons. The van der Waals surface area contributed by atoms with Crippen molar-refractivity contribution in [3.63, 3.8) is 0 Å². The highest BCUT2D eigenvalue weighted by molar-refractivity contribution is 4.90. The van der Waals surface area contributed by atoms with Gasteiger partial charge in [0.25, 0.3) is 6.04 Å². The molecule has 1 nitrogen and oxygen atoms in total. The van der Waals surface area contributed by atoms with Gasteiger partial charge in [0.05, 0.1) is 0 Å². The first-order valence-corrected chi connectivity index (χ1v) is 3.90. The molecule has 0 saturated heterocycles. The molecule has 3 heteroatoms. The van der Waals surface area contributed by atoms with E-state index in [-0.39, 0.29) is 5.92 Å². The Kier molecular flexibility index (Phi) is 2.81. The van der Waals surface area contributed by atoms with Crippen LogP contribution in [0.4, 0.5) is 8.78 Å². The predicted molar refractivity (Wildman–Crippen MR) is 38.4 cm³/mol. The summed E-state index contributed by atoms with van der Waals surface area (Å²) in [5.41, 5.74) is 0. The average Bonchev–Trinajstić information content (AvgIpc) is 2.40. The molecular formula is C8H11F2N. The molecule has 11 heavy (non-hydrogen) atoms. The van der Waals surface area contributed by atoms with Crippen molar-refractivity contribution in [2.24, 2.45) is 5.92 Å². The Morgan fingerprint density at radius 2 is 1.82 bits per heavy atom. The first-order valence-electron chi connectivity index (χ1n) is 3.90. The second-order valence-corrected chi connectivity index (χ2v) is 3.00. The third kappa shape index (κ3) is 1.89. The zero-order valence-electron chi connectivity index (χ0n) is 6.26. The van der Waals surface area contributed by atoms with Crippen LogP contribution in [0.5, 0.6) is 0 Å². The van der Waals surface area contributed by atoms with Gasteiger partial charge in [-0.2, -0.15) is 0 Å². The smallest absolute Gasteiger partial charge is 0.307 e. The van der Waals surface area contributed by atoms with E-state index in [1.807, 2.05) is 0 Å². The lowest BCUT2D eigenvalue weighted by Gasteiger charge is -2.10. The number of alkyl halides is 2. The monoisotopic (exact) mass is 159 g/mol. The van der Waals surface area contributed by atoms with Crippen molar-refractivity contribution in [2.75, 3.05) is 0 Å². The molecule has 1 saturated carbocycles. The number of halogens is 2. The van der Waals surface area contributed by atoms with Crippen LogP contribution >= 0.6 is 0 Å². The lowest BCUT2D eigenvalue weighted by atomic mass is 9.99. The highest BCUT2D eigenvalue weighted by Crippen LogP contribution is 2.31. The summed E-state index contributed by atoms with van der Waals surface area (Å²) in [4.78, 5) is 2.97. The largest absolute Gasteiger partial charge is 0.312 e. The lowest BCUT2D eigenvalue weighted by molar-refractivity contribution is 0.106. The van der Waals surface area contributed by atoms with Crippen LogP contribution in [0.1, 0.15) is 25.7 Å². The Bertz CT molecular complexity index is 156. The number of hydrogen-bond donors (Lipinski definition) is 0. The molecule has 1 atom stereocenters. The van der Waals surface area contributed by atoms with E-state index >= 15 is 0 Å². The van der Waals surface area contributed by atoms with Crippen molar-refractivity contribution < 1.29 is 8.78 Å². The summed E-state index contributed by atoms with van der Waals surface area (Å²) in [6.07, 6.45) is 1.22. The molecule has 0 aromatic carbocycles. The molecule has 0 radical (unpaired) electrons. The van der Waals surface area contributed by atoms with E-state index in [4.69, 9.17) is 6.57 Å². The van der Waals surface area contributed by atoms with Crippen LogP contribution in [0, 0.1) is 12.5 Å². The van der Waals surface area contributed by atoms with Crippen molar-refractivity contribution in [1.29, 1.82) is 0 Å². The molecule has 0 aromatic rings. The number of rotatable bonds is 2. The minimum absolute atomic E-state index is 0.0347. The van der Waals surface area contributed by atoms with Crippen molar-refractivity contribution in [3.05, 3.63) is 11.4 Å². The summed E-state index contributed by atoms with van der Waals surface area (Å²) in [5, 5.41) is 0. The normalized spacial score (nSPS) is 22.0. The lowest BCUT2D eigenvalue weighted by Crippen LogP contribution is -2.22. The van der Waals surface area contributed by atoms with E-state index in [2.05, 4.69) is 4.85 Å². The molecule has 0 N–H and O–H groups in total. The van der Waals surface area contributed by atoms with Gasteiger partial charge in [0.2, 0.25) is 0 Å². The van der Waals surface area contributed by atoms with Gasteiger partial charge < -0.3 is 4.85 Å². The topological polar surface area (TPSA) is 4.36 Å². The van der Waals surface area contributed by atoms with E-state index < -0.39 is 12.5 Å². The zero-order chi connectivity index (χ0) is 8.27. The molecule has 1 aliphatic rings. The van der Waals surface area contributed by atoms with Crippen LogP contribution in [0.2, 0.25) is 0 Å². The Labute approximate surface area is 65.2 Å². The molecule has 0 heterocycles. The van der Waals surface area contributed by atoms with E-state index in [9.17, 15) is 8.78 Å². The zero-order valence-corrected chi connectivity index (χ0v) is 6.26. The van der Waals surface area contributed by atoms with Crippen LogP contribution < -0.4 is 0 Å². The van der Waals surface area contributed by atoms with Gasteiger partial charge in [0.15, 0.2) is 0 Å². The standard InChI is InChI=1S/C8H11F2N/c1-11-7(8(9)10)6-4-2-3-5-6/h6-8H,2-5H2. The van der Waals surface area contributed by atoms with Crippen molar-refractivity contribution >= 4 is 0 Å². The molecule has 0 spiro atoms. The van der Waals surface area contributed by atoms with Gasteiger partial charge >= 0.3 is 6.43 Å². The van der Waals surface area contributed by atoms with Crippen LogP contribution in [-0.4, -0.2) is 12.5 Å². The minimum Gasteiger partial charge on any atom is -0.307 e. The second-order valence-electron chi connectivity index (χ2n) is 3.00. The summed E-state index contributed by atoms with van der Waals surface area (Å²) in [5.74, 6) is -0.0347. The highest BCUT2D eigenvalue weighted by atomic mass is 19.3. The molecule has 1 unspecified atom stereocenters. The SMILES string of the molecule is [C-]#[N+]C(C(F)F)C1CCCC1. The molecule has 0 bridgehead atoms. The molecule has 0 amide bonds. The van der Waals surface area contributed by atoms with E-state index in [1.165, 1.54) is 0 Å². The third-order valence-electron chi connectivity index (χ3n) is 2.29. The number of nitrogens with zero attached hydrogens (tertiary/aromatic N) is 1. The van der Waals surface area contributed by atoms with Gasteiger partial charge in [0.1, 0.15) is 0 Å². The molecule has 1 aliphatic carbocycles. The highest BCUT2D eigenvalue weighted by Gasteiger charge is 2.36. The van der Waals surface area contributed by atoms with Gasteiger partial charge in [-0.3, -0.25) is 0 Å². The van der Waals surface area contributed by atoms with Crippen molar-refractivity contribution in [1.82, 2.24) is 0 Å². The third-order valence-corrected chi connectivity index (χ3v) is 2.29. The first-order chi connectivity index (χ1) is 5.25. The summed E-state index contributed by atoms with van der Waals surface area (Å²) in [6, 6.07) is -1.03. The van der Waals surface area contributed by atoms with Crippen molar-refractivity contribution in [3.8, 4) is 0 Å². The van der Waals surface area contributed by atoms with Gasteiger partial charge in [-0.05, 0) is 12.8 Å². The summed E-state index contributed by atoms with van der Waals surface area (Å²) < 4.78 is 24.3. The van der Waals surface area contributed by atoms with Crippen LogP contribution in [0.25, 0.3) is 4.85 Å². The molecule has 0 aliphatic heterocycles. The number of hydrogen-bond acceptors (Lipinski definition) is 0. The maximum atomic E-state index is 12.1. The molecule has 1 fully saturated rings. The molecular weight excluding hydrogens is 148 g/mol. The van der Waals surface area contributed by atoms with Gasteiger partial charge in [-0.1, -0.05) is 12.8 Å². The average molecular weight is 159 g/mol. The van der Waals surface area contributed by atoms with Crippen LogP contribution in [0.15, 0.2) is 0 Å². The maximum Gasteiger partial charge on any atom is 0.312 e. The molecule has 1 rings (SSSR count). The summed E-state index contributed by atoms with van der Waals surface area (Å²) in [6.45, 7) is 6.60. The summed E-state index contributed by atoms with van der Waals surface area (Å²) in [7, 11) is 0. The van der Waals surface area contributed by atoms with Crippen molar-refractivity contribution in [2.45, 2.75) is 38.2 Å². The molecule has 0 aromatic heterocycles. The first kappa shape index (κ1) is 8.45. The fourth-order valence-corrected chi connectivity index (χ4v) is 1.67. The predicted octanol–water partition coefficient (Wildman–Crippen LogP) is 2.73. The Balaban J connectivity index is 2.48. The Morgan fingerprint density at radius 3 is 2.18 bits per heavy atom. The second kappa shape index (κ2) is 3.66. The van der Waals surface area contributed by atoms with E-state index in [1.54, 1.807) is 0 Å². The minimum atomic E-state index is -2.45. The fourth-order valence-electron chi connectivity index (χ4n) is 1.67. The van der Waals surface area contributed by atoms with Crippen LogP contribution in [0.3, 0.4) is 0 Å². The maximum absolute atomic E-state index is 12.1. The van der Waals surface area contributed by atoms with Gasteiger partial charge in [-0.15, -0.1) is 0 Å². The fraction of sp³-hybridized carbons (Fsp3) is 0.875. The quantitative estimate of drug-likeness (QED) is 0.545. The van der Waals surface area contributed by atoms with Crippen LogP contribution in [-0.2, 0) is 0 Å². The van der Waals surface area contributed by atoms with E-state index in [0.717, 1.165) is 25.7 Å². The Hall–Kier alpha value is -0.650. The summed E-state index contributed by atoms with van der Waals surface area (Å²) >= 11 is 0. The van der Waals surface area contributed by atoms with E-state index in [0.29, 0.717) is 0 Å².